The van der Waals surface area contributed by atoms with Crippen LogP contribution in [0.4, 0.5) is 0 Å². The number of hydrogen-bond acceptors (Lipinski definition) is 3. The van der Waals surface area contributed by atoms with Gasteiger partial charge in [-0.25, -0.2) is 4.79 Å². The van der Waals surface area contributed by atoms with E-state index in [1.54, 1.807) is 0 Å². The largest absolute Gasteiger partial charge is 0.478 e. The molecule has 144 valence electrons. The molecule has 0 aliphatic rings. The maximum absolute atomic E-state index is 10.6. The maximum atomic E-state index is 10.6. The Kier molecular flexibility index (Phi) is 7.13. The minimum Gasteiger partial charge on any atom is -0.478 e. The molecule has 2 N–H and O–H groups in total. The first kappa shape index (κ1) is 21.1. The van der Waals surface area contributed by atoms with Gasteiger partial charge in [-0.3, -0.25) is 0 Å². The number of carbonyl (C=O) groups is 1. The van der Waals surface area contributed by atoms with Crippen LogP contribution >= 0.6 is 0 Å². The summed E-state index contributed by atoms with van der Waals surface area (Å²) in [6, 6.07) is 20.4. The fraction of sp³-hybridized carbons (Fsp3) is 0.318. The minimum atomic E-state index is -2.67. The number of aliphatic hydroxyl groups excluding tert-OH is 1. The van der Waals surface area contributed by atoms with Crippen molar-refractivity contribution >= 4 is 24.7 Å². The second-order valence-electron chi connectivity index (χ2n) is 7.60. The molecule has 0 saturated carbocycles. The van der Waals surface area contributed by atoms with E-state index in [-0.39, 0.29) is 18.1 Å². The van der Waals surface area contributed by atoms with Crippen LogP contribution in [0.15, 0.2) is 72.8 Å². The summed E-state index contributed by atoms with van der Waals surface area (Å²) in [6.07, 6.45) is 1.99. The maximum Gasteiger partial charge on any atom is 0.327 e. The molecule has 1 atom stereocenters. The minimum absolute atomic E-state index is 0.150. The van der Waals surface area contributed by atoms with E-state index in [4.69, 9.17) is 9.53 Å². The molecule has 0 unspecified atom stereocenters. The number of carboxylic acid groups (broad SMARTS) is 1. The van der Waals surface area contributed by atoms with Crippen LogP contribution in [0.5, 0.6) is 0 Å². The van der Waals surface area contributed by atoms with E-state index >= 15 is 0 Å². The number of aliphatic hydroxyl groups is 1. The molecule has 2 rings (SSSR count). The highest BCUT2D eigenvalue weighted by atomic mass is 28.4. The molecule has 0 bridgehead atoms. The molecule has 0 saturated heterocycles. The van der Waals surface area contributed by atoms with Crippen molar-refractivity contribution in [2.45, 2.75) is 38.3 Å². The van der Waals surface area contributed by atoms with E-state index in [0.717, 1.165) is 16.4 Å². The first-order valence-electron chi connectivity index (χ1n) is 9.10. The summed E-state index contributed by atoms with van der Waals surface area (Å²) < 4.78 is 6.59. The highest BCUT2D eigenvalue weighted by Crippen LogP contribution is 2.36. The standard InChI is InChI=1S/C22H28O4Si/c1-22(2,3)27(19-12-6-4-7-13-19,20-14-8-5-9-15-20)26-17-18(23)11-10-16-21(24)25/h4-10,12-16,18,23H,11,17H2,1-3H3,(H,24,25)/b16-10+/t18-/m0/s1. The molecule has 0 amide bonds. The number of carboxylic acids is 1. The predicted octanol–water partition coefficient (Wildman–Crippen LogP) is 2.95. The van der Waals surface area contributed by atoms with E-state index in [0.29, 0.717) is 0 Å². The number of hydrogen-bond donors (Lipinski definition) is 2. The van der Waals surface area contributed by atoms with Gasteiger partial charge in [0.15, 0.2) is 0 Å². The lowest BCUT2D eigenvalue weighted by Crippen LogP contribution is -2.67. The molecule has 2 aromatic rings. The van der Waals surface area contributed by atoms with Crippen LogP contribution in [0.2, 0.25) is 5.04 Å². The summed E-state index contributed by atoms with van der Waals surface area (Å²) in [5.41, 5.74) is 0. The lowest BCUT2D eigenvalue weighted by Gasteiger charge is -2.43. The zero-order valence-electron chi connectivity index (χ0n) is 16.1. The van der Waals surface area contributed by atoms with Crippen molar-refractivity contribution < 1.29 is 19.4 Å². The summed E-state index contributed by atoms with van der Waals surface area (Å²) in [4.78, 5) is 10.6. The van der Waals surface area contributed by atoms with Gasteiger partial charge in [-0.2, -0.15) is 0 Å². The monoisotopic (exact) mass is 384 g/mol. The summed E-state index contributed by atoms with van der Waals surface area (Å²) >= 11 is 0. The van der Waals surface area contributed by atoms with Gasteiger partial charge in [0.25, 0.3) is 8.32 Å². The number of benzene rings is 2. The number of rotatable bonds is 8. The summed E-state index contributed by atoms with van der Waals surface area (Å²) in [5.74, 6) is -1.02. The fourth-order valence-corrected chi connectivity index (χ4v) is 7.97. The van der Waals surface area contributed by atoms with Crippen molar-refractivity contribution in [2.75, 3.05) is 6.61 Å². The molecule has 0 fully saturated rings. The molecule has 2 aromatic carbocycles. The SMILES string of the molecule is CC(C)(C)[Si](OC[C@@H](O)C/C=C/C(=O)O)(c1ccccc1)c1ccccc1. The van der Waals surface area contributed by atoms with Crippen molar-refractivity contribution in [2.24, 2.45) is 0 Å². The van der Waals surface area contributed by atoms with Gasteiger partial charge in [-0.1, -0.05) is 87.5 Å². The van der Waals surface area contributed by atoms with Crippen molar-refractivity contribution in [3.63, 3.8) is 0 Å². The van der Waals surface area contributed by atoms with E-state index in [2.05, 4.69) is 45.0 Å². The quantitative estimate of drug-likeness (QED) is 0.542. The predicted molar refractivity (Wildman–Crippen MR) is 111 cm³/mol. The molecule has 0 radical (unpaired) electrons. The van der Waals surface area contributed by atoms with E-state index < -0.39 is 20.4 Å². The highest BCUT2D eigenvalue weighted by molar-refractivity contribution is 6.99. The van der Waals surface area contributed by atoms with Gasteiger partial charge in [-0.15, -0.1) is 0 Å². The van der Waals surface area contributed by atoms with E-state index in [1.807, 2.05) is 36.4 Å². The van der Waals surface area contributed by atoms with Crippen LogP contribution < -0.4 is 10.4 Å². The topological polar surface area (TPSA) is 66.8 Å². The normalized spacial score (nSPS) is 13.6. The van der Waals surface area contributed by atoms with E-state index in [9.17, 15) is 9.90 Å². The lowest BCUT2D eigenvalue weighted by atomic mass is 10.2. The Balaban J connectivity index is 2.39. The van der Waals surface area contributed by atoms with Gasteiger partial charge in [0.1, 0.15) is 0 Å². The van der Waals surface area contributed by atoms with Crippen LogP contribution in [0, 0.1) is 0 Å². The van der Waals surface area contributed by atoms with Crippen LogP contribution in [0.3, 0.4) is 0 Å². The molecular formula is C22H28O4Si. The molecule has 27 heavy (non-hydrogen) atoms. The van der Waals surface area contributed by atoms with Gasteiger partial charge < -0.3 is 14.6 Å². The van der Waals surface area contributed by atoms with Crippen molar-refractivity contribution in [3.05, 3.63) is 72.8 Å². The summed E-state index contributed by atoms with van der Waals surface area (Å²) in [5, 5.41) is 21.2. The Labute approximate surface area is 162 Å². The summed E-state index contributed by atoms with van der Waals surface area (Å²) in [6.45, 7) is 6.68. The van der Waals surface area contributed by atoms with Crippen molar-refractivity contribution in [1.29, 1.82) is 0 Å². The lowest BCUT2D eigenvalue weighted by molar-refractivity contribution is -0.131. The first-order chi connectivity index (χ1) is 12.8. The Morgan fingerprint density at radius 3 is 1.93 bits per heavy atom. The van der Waals surface area contributed by atoms with Gasteiger partial charge in [0.2, 0.25) is 0 Å². The Bertz CT molecular complexity index is 711. The van der Waals surface area contributed by atoms with Crippen LogP contribution in [0.1, 0.15) is 27.2 Å². The zero-order chi connectivity index (χ0) is 19.9. The number of aliphatic carboxylic acids is 1. The van der Waals surface area contributed by atoms with Gasteiger partial charge in [0.05, 0.1) is 12.7 Å². The second kappa shape index (κ2) is 9.13. The average molecular weight is 385 g/mol. The van der Waals surface area contributed by atoms with Gasteiger partial charge in [-0.05, 0) is 21.8 Å². The Morgan fingerprint density at radius 2 is 1.52 bits per heavy atom. The van der Waals surface area contributed by atoms with Gasteiger partial charge in [0, 0.05) is 6.08 Å². The van der Waals surface area contributed by atoms with E-state index in [1.165, 1.54) is 6.08 Å². The molecule has 0 spiro atoms. The molecule has 5 heteroatoms. The third-order valence-corrected chi connectivity index (χ3v) is 9.58. The highest BCUT2D eigenvalue weighted by Gasteiger charge is 2.50. The fourth-order valence-electron chi connectivity index (χ4n) is 3.38. The van der Waals surface area contributed by atoms with Crippen LogP contribution in [0.25, 0.3) is 0 Å². The Morgan fingerprint density at radius 1 is 1.04 bits per heavy atom. The summed E-state index contributed by atoms with van der Waals surface area (Å²) in [7, 11) is -2.67. The molecule has 0 heterocycles. The third-order valence-electron chi connectivity index (χ3n) is 4.58. The molecule has 0 aliphatic carbocycles. The molecule has 0 aromatic heterocycles. The van der Waals surface area contributed by atoms with Crippen molar-refractivity contribution in [3.8, 4) is 0 Å². The molecule has 0 aliphatic heterocycles. The zero-order valence-corrected chi connectivity index (χ0v) is 17.1. The third kappa shape index (κ3) is 5.16. The first-order valence-corrected chi connectivity index (χ1v) is 11.0. The van der Waals surface area contributed by atoms with Crippen LogP contribution in [-0.2, 0) is 9.22 Å². The van der Waals surface area contributed by atoms with Gasteiger partial charge >= 0.3 is 5.97 Å². The smallest absolute Gasteiger partial charge is 0.327 e. The van der Waals surface area contributed by atoms with Crippen molar-refractivity contribution in [1.82, 2.24) is 0 Å². The Hall–Kier alpha value is -2.21. The molecule has 4 nitrogen and oxygen atoms in total. The second-order valence-corrected chi connectivity index (χ2v) is 11.9. The molecular weight excluding hydrogens is 356 g/mol. The average Bonchev–Trinajstić information content (AvgIpc) is 2.62. The van der Waals surface area contributed by atoms with Crippen LogP contribution in [-0.4, -0.2) is 37.2 Å².